The highest BCUT2D eigenvalue weighted by Crippen LogP contribution is 2.18. The summed E-state index contributed by atoms with van der Waals surface area (Å²) < 4.78 is 31.7. The summed E-state index contributed by atoms with van der Waals surface area (Å²) in [6, 6.07) is 9.08. The van der Waals surface area contributed by atoms with Gasteiger partial charge in [0.25, 0.3) is 5.91 Å². The van der Waals surface area contributed by atoms with E-state index in [0.29, 0.717) is 6.42 Å². The van der Waals surface area contributed by atoms with Crippen LogP contribution in [0.15, 0.2) is 53.1 Å². The predicted molar refractivity (Wildman–Crippen MR) is 92.8 cm³/mol. The van der Waals surface area contributed by atoms with E-state index in [1.807, 2.05) is 0 Å². The van der Waals surface area contributed by atoms with Gasteiger partial charge in [0.1, 0.15) is 23.6 Å². The first kappa shape index (κ1) is 18.5. The standard InChI is InChI=1S/C19H17F2N3O3/c20-13-4-3-12(15(21)8-13)9-23-18(26)17-10-27-19(24-17)16(22)7-11-1-5-14(25)6-2-11/h1-6,8,10,16,25H,7,9,22H2,(H,23,26). The lowest BCUT2D eigenvalue weighted by Crippen LogP contribution is -2.24. The fourth-order valence-electron chi connectivity index (χ4n) is 2.47. The van der Waals surface area contributed by atoms with Crippen LogP contribution in [0, 0.1) is 11.6 Å². The summed E-state index contributed by atoms with van der Waals surface area (Å²) in [7, 11) is 0. The average molecular weight is 373 g/mol. The third-order valence-corrected chi connectivity index (χ3v) is 3.92. The van der Waals surface area contributed by atoms with E-state index >= 15 is 0 Å². The lowest BCUT2D eigenvalue weighted by atomic mass is 10.1. The Morgan fingerprint density at radius 3 is 2.67 bits per heavy atom. The zero-order valence-electron chi connectivity index (χ0n) is 14.2. The zero-order valence-corrected chi connectivity index (χ0v) is 14.2. The number of amides is 1. The van der Waals surface area contributed by atoms with Gasteiger partial charge >= 0.3 is 0 Å². The molecular formula is C19H17F2N3O3. The molecule has 1 amide bonds. The van der Waals surface area contributed by atoms with Crippen LogP contribution in [0.25, 0.3) is 0 Å². The van der Waals surface area contributed by atoms with Crippen LogP contribution in [-0.4, -0.2) is 16.0 Å². The van der Waals surface area contributed by atoms with Crippen molar-refractivity contribution in [2.45, 2.75) is 19.0 Å². The Balaban J connectivity index is 1.60. The number of phenolic OH excluding ortho intramolecular Hbond substituents is 1. The second-order valence-corrected chi connectivity index (χ2v) is 5.97. The Bertz CT molecular complexity index is 942. The SMILES string of the molecule is NC(Cc1ccc(O)cc1)c1nc(C(=O)NCc2ccc(F)cc2F)co1. The minimum atomic E-state index is -0.743. The normalized spacial score (nSPS) is 12.0. The number of aromatic nitrogens is 1. The number of phenols is 1. The van der Waals surface area contributed by atoms with E-state index in [-0.39, 0.29) is 29.4 Å². The van der Waals surface area contributed by atoms with Gasteiger partial charge < -0.3 is 20.6 Å². The molecule has 3 rings (SSSR count). The molecule has 0 saturated carbocycles. The van der Waals surface area contributed by atoms with Crippen molar-refractivity contribution in [1.29, 1.82) is 0 Å². The summed E-state index contributed by atoms with van der Waals surface area (Å²) >= 11 is 0. The van der Waals surface area contributed by atoms with Crippen LogP contribution in [0.4, 0.5) is 8.78 Å². The molecule has 0 spiro atoms. The second-order valence-electron chi connectivity index (χ2n) is 5.97. The van der Waals surface area contributed by atoms with Crippen molar-refractivity contribution < 1.29 is 23.1 Å². The summed E-state index contributed by atoms with van der Waals surface area (Å²) in [5.74, 6) is -1.66. The van der Waals surface area contributed by atoms with Crippen LogP contribution in [-0.2, 0) is 13.0 Å². The van der Waals surface area contributed by atoms with E-state index in [9.17, 15) is 18.7 Å². The number of halogens is 2. The maximum atomic E-state index is 13.6. The number of hydrogen-bond donors (Lipinski definition) is 3. The van der Waals surface area contributed by atoms with E-state index in [4.69, 9.17) is 10.2 Å². The number of rotatable bonds is 6. The van der Waals surface area contributed by atoms with Crippen LogP contribution < -0.4 is 11.1 Å². The highest BCUT2D eigenvalue weighted by atomic mass is 19.1. The van der Waals surface area contributed by atoms with Crippen LogP contribution in [0.5, 0.6) is 5.75 Å². The number of carbonyl (C=O) groups excluding carboxylic acids is 1. The van der Waals surface area contributed by atoms with E-state index in [1.54, 1.807) is 24.3 Å². The summed E-state index contributed by atoms with van der Waals surface area (Å²) in [5, 5.41) is 11.8. The molecule has 1 atom stereocenters. The minimum Gasteiger partial charge on any atom is -0.508 e. The maximum Gasteiger partial charge on any atom is 0.273 e. The number of oxazole rings is 1. The van der Waals surface area contributed by atoms with Crippen LogP contribution >= 0.6 is 0 Å². The molecule has 0 aliphatic heterocycles. The molecule has 0 aliphatic carbocycles. The second kappa shape index (κ2) is 7.96. The molecule has 2 aromatic carbocycles. The van der Waals surface area contributed by atoms with Crippen LogP contribution in [0.1, 0.15) is 33.5 Å². The third-order valence-electron chi connectivity index (χ3n) is 3.92. The fraction of sp³-hybridized carbons (Fsp3) is 0.158. The Morgan fingerprint density at radius 1 is 1.22 bits per heavy atom. The number of nitrogens with zero attached hydrogens (tertiary/aromatic N) is 1. The summed E-state index contributed by atoms with van der Waals surface area (Å²) in [6.07, 6.45) is 1.57. The quantitative estimate of drug-likeness (QED) is 0.617. The van der Waals surface area contributed by atoms with Crippen LogP contribution in [0.2, 0.25) is 0 Å². The van der Waals surface area contributed by atoms with E-state index < -0.39 is 23.6 Å². The van der Waals surface area contributed by atoms with Gasteiger partial charge in [0.15, 0.2) is 5.69 Å². The Labute approximate surface area is 153 Å². The van der Waals surface area contributed by atoms with Crippen LogP contribution in [0.3, 0.4) is 0 Å². The predicted octanol–water partition coefficient (Wildman–Crippen LogP) is 2.83. The first-order valence-corrected chi connectivity index (χ1v) is 8.13. The van der Waals surface area contributed by atoms with Gasteiger partial charge in [-0.3, -0.25) is 4.79 Å². The van der Waals surface area contributed by atoms with Gasteiger partial charge in [0, 0.05) is 18.2 Å². The number of carbonyl (C=O) groups is 1. The van der Waals surface area contributed by atoms with Crippen molar-refractivity contribution in [2.75, 3.05) is 0 Å². The van der Waals surface area contributed by atoms with E-state index in [2.05, 4.69) is 10.3 Å². The molecule has 0 radical (unpaired) electrons. The van der Waals surface area contributed by atoms with Gasteiger partial charge in [-0.2, -0.15) is 0 Å². The molecule has 0 bridgehead atoms. The van der Waals surface area contributed by atoms with Gasteiger partial charge in [0.05, 0.1) is 6.04 Å². The van der Waals surface area contributed by atoms with Gasteiger partial charge in [-0.15, -0.1) is 0 Å². The van der Waals surface area contributed by atoms with Crippen molar-refractivity contribution >= 4 is 5.91 Å². The average Bonchev–Trinajstić information content (AvgIpc) is 3.13. The zero-order chi connectivity index (χ0) is 19.4. The van der Waals surface area contributed by atoms with Gasteiger partial charge in [-0.1, -0.05) is 18.2 Å². The molecule has 6 nitrogen and oxygen atoms in total. The topological polar surface area (TPSA) is 101 Å². The summed E-state index contributed by atoms with van der Waals surface area (Å²) in [4.78, 5) is 16.2. The smallest absolute Gasteiger partial charge is 0.273 e. The van der Waals surface area contributed by atoms with Crippen molar-refractivity contribution in [3.8, 4) is 5.75 Å². The number of aromatic hydroxyl groups is 1. The molecular weight excluding hydrogens is 356 g/mol. The van der Waals surface area contributed by atoms with Crippen molar-refractivity contribution in [2.24, 2.45) is 5.73 Å². The molecule has 1 heterocycles. The maximum absolute atomic E-state index is 13.6. The molecule has 4 N–H and O–H groups in total. The number of benzene rings is 2. The van der Waals surface area contributed by atoms with Gasteiger partial charge in [0.2, 0.25) is 5.89 Å². The van der Waals surface area contributed by atoms with Gasteiger partial charge in [-0.25, -0.2) is 13.8 Å². The molecule has 1 aromatic heterocycles. The summed E-state index contributed by atoms with van der Waals surface area (Å²) in [6.45, 7) is -0.118. The molecule has 0 aliphatic rings. The molecule has 0 fully saturated rings. The highest BCUT2D eigenvalue weighted by molar-refractivity contribution is 5.91. The molecule has 0 saturated heterocycles. The molecule has 140 valence electrons. The molecule has 3 aromatic rings. The largest absolute Gasteiger partial charge is 0.508 e. The monoisotopic (exact) mass is 373 g/mol. The first-order valence-electron chi connectivity index (χ1n) is 8.13. The Kier molecular flexibility index (Phi) is 5.46. The van der Waals surface area contributed by atoms with Gasteiger partial charge in [-0.05, 0) is 30.2 Å². The fourth-order valence-corrected chi connectivity index (χ4v) is 2.47. The highest BCUT2D eigenvalue weighted by Gasteiger charge is 2.18. The molecule has 27 heavy (non-hydrogen) atoms. The van der Waals surface area contributed by atoms with E-state index in [1.165, 1.54) is 12.3 Å². The number of nitrogens with two attached hydrogens (primary N) is 1. The number of hydrogen-bond acceptors (Lipinski definition) is 5. The Morgan fingerprint density at radius 2 is 1.96 bits per heavy atom. The molecule has 8 heteroatoms. The van der Waals surface area contributed by atoms with E-state index in [0.717, 1.165) is 17.7 Å². The molecule has 1 unspecified atom stereocenters. The first-order chi connectivity index (χ1) is 12.9. The number of nitrogens with one attached hydrogen (secondary N) is 1. The lowest BCUT2D eigenvalue weighted by molar-refractivity contribution is 0.0945. The third kappa shape index (κ3) is 4.68. The summed E-state index contributed by atoms with van der Waals surface area (Å²) in [5.41, 5.74) is 7.07. The Hall–Kier alpha value is -3.26. The van der Waals surface area contributed by atoms with Crippen molar-refractivity contribution in [1.82, 2.24) is 10.3 Å². The lowest BCUT2D eigenvalue weighted by Gasteiger charge is -2.07. The van der Waals surface area contributed by atoms with Crippen molar-refractivity contribution in [3.63, 3.8) is 0 Å². The van der Waals surface area contributed by atoms with Crippen molar-refractivity contribution in [3.05, 3.63) is 83.1 Å². The minimum absolute atomic E-state index is 0.00803.